The first-order chi connectivity index (χ1) is 15.7. The van der Waals surface area contributed by atoms with Gasteiger partial charge in [0.1, 0.15) is 6.61 Å². The Morgan fingerprint density at radius 3 is 2.12 bits per heavy atom. The van der Waals surface area contributed by atoms with Crippen LogP contribution in [0.4, 0.5) is 0 Å². The molecule has 0 unspecified atom stereocenters. The minimum absolute atomic E-state index is 0.541. The van der Waals surface area contributed by atoms with Gasteiger partial charge in [-0.25, -0.2) is 0 Å². The van der Waals surface area contributed by atoms with E-state index in [0.29, 0.717) is 12.6 Å². The summed E-state index contributed by atoms with van der Waals surface area (Å²) in [6.07, 6.45) is 2.41. The summed E-state index contributed by atoms with van der Waals surface area (Å²) in [7, 11) is 3.95. The van der Waals surface area contributed by atoms with Crippen LogP contribution in [0, 0.1) is 0 Å². The van der Waals surface area contributed by atoms with Crippen molar-refractivity contribution in [1.29, 1.82) is 0 Å². The minimum Gasteiger partial charge on any atom is -0.493 e. The van der Waals surface area contributed by atoms with E-state index in [2.05, 4.69) is 71.4 Å². The summed E-state index contributed by atoms with van der Waals surface area (Å²) in [4.78, 5) is 5.06. The number of ether oxygens (including phenoxy) is 2. The van der Waals surface area contributed by atoms with Crippen LogP contribution < -0.4 is 9.47 Å². The Labute approximate surface area is 192 Å². The molecule has 0 bridgehead atoms. The number of nitrogens with zero attached hydrogens (tertiary/aromatic N) is 2. The molecule has 0 spiro atoms. The maximum Gasteiger partial charge on any atom is 0.161 e. The van der Waals surface area contributed by atoms with Gasteiger partial charge in [0.25, 0.3) is 0 Å². The molecule has 3 aromatic rings. The van der Waals surface area contributed by atoms with E-state index in [4.69, 9.17) is 9.47 Å². The molecule has 1 aliphatic heterocycles. The van der Waals surface area contributed by atoms with Crippen molar-refractivity contribution in [2.45, 2.75) is 38.6 Å². The summed E-state index contributed by atoms with van der Waals surface area (Å²) in [5.74, 6) is 1.59. The Balaban J connectivity index is 1.30. The van der Waals surface area contributed by atoms with Crippen molar-refractivity contribution in [2.75, 3.05) is 27.2 Å². The normalized spacial score (nSPS) is 15.1. The average Bonchev–Trinajstić information content (AvgIpc) is 2.84. The molecule has 0 amide bonds. The van der Waals surface area contributed by atoms with E-state index in [1.165, 1.54) is 24.0 Å². The summed E-state index contributed by atoms with van der Waals surface area (Å²) in [5, 5.41) is 0. The lowest BCUT2D eigenvalue weighted by Gasteiger charge is -2.37. The third-order valence-electron chi connectivity index (χ3n) is 6.33. The third-order valence-corrected chi connectivity index (χ3v) is 6.33. The molecule has 0 atom stereocenters. The summed E-state index contributed by atoms with van der Waals surface area (Å²) < 4.78 is 11.6. The molecule has 1 saturated heterocycles. The number of benzene rings is 3. The monoisotopic (exact) mass is 430 g/mol. The standard InChI is InChI=1S/C28H34N2O2/c1-29(20-23-9-5-3-6-10-23)26-15-17-30(18-16-26)21-25-13-14-27(31-2)28(19-25)32-22-24-11-7-4-8-12-24/h3-14,19,26H,15-18,20-22H2,1-2H3. The van der Waals surface area contributed by atoms with E-state index in [1.807, 2.05) is 24.3 Å². The topological polar surface area (TPSA) is 24.9 Å². The predicted octanol–water partition coefficient (Wildman–Crippen LogP) is 5.37. The van der Waals surface area contributed by atoms with Gasteiger partial charge in [0.15, 0.2) is 11.5 Å². The van der Waals surface area contributed by atoms with Gasteiger partial charge < -0.3 is 9.47 Å². The number of rotatable bonds is 9. The molecule has 0 radical (unpaired) electrons. The van der Waals surface area contributed by atoms with Gasteiger partial charge in [-0.2, -0.15) is 0 Å². The fourth-order valence-corrected chi connectivity index (χ4v) is 4.44. The average molecular weight is 431 g/mol. The first-order valence-corrected chi connectivity index (χ1v) is 11.5. The SMILES string of the molecule is COc1ccc(CN2CCC(N(C)Cc3ccccc3)CC2)cc1OCc1ccccc1. The molecule has 1 heterocycles. The Hall–Kier alpha value is -2.82. The van der Waals surface area contributed by atoms with E-state index >= 15 is 0 Å². The summed E-state index contributed by atoms with van der Waals surface area (Å²) in [5.41, 5.74) is 3.81. The molecule has 32 heavy (non-hydrogen) atoms. The fraction of sp³-hybridized carbons (Fsp3) is 0.357. The Kier molecular flexibility index (Phi) is 7.81. The first-order valence-electron chi connectivity index (χ1n) is 11.5. The molecule has 4 rings (SSSR count). The number of likely N-dealkylation sites (tertiary alicyclic amines) is 1. The Morgan fingerprint density at radius 1 is 0.812 bits per heavy atom. The number of piperidine rings is 1. The largest absolute Gasteiger partial charge is 0.493 e. The van der Waals surface area contributed by atoms with E-state index in [-0.39, 0.29) is 0 Å². The molecule has 0 aromatic heterocycles. The van der Waals surface area contributed by atoms with Crippen LogP contribution in [0.2, 0.25) is 0 Å². The van der Waals surface area contributed by atoms with Gasteiger partial charge in [-0.15, -0.1) is 0 Å². The van der Waals surface area contributed by atoms with Crippen LogP contribution in [0.5, 0.6) is 11.5 Å². The molecule has 1 fully saturated rings. The van der Waals surface area contributed by atoms with Crippen LogP contribution in [0.15, 0.2) is 78.9 Å². The zero-order valence-electron chi connectivity index (χ0n) is 19.2. The van der Waals surface area contributed by atoms with Gasteiger partial charge in [-0.3, -0.25) is 9.80 Å². The highest BCUT2D eigenvalue weighted by atomic mass is 16.5. The van der Waals surface area contributed by atoms with Crippen LogP contribution in [-0.2, 0) is 19.7 Å². The van der Waals surface area contributed by atoms with Crippen molar-refractivity contribution in [2.24, 2.45) is 0 Å². The van der Waals surface area contributed by atoms with Gasteiger partial charge >= 0.3 is 0 Å². The van der Waals surface area contributed by atoms with E-state index in [0.717, 1.165) is 43.2 Å². The number of hydrogen-bond acceptors (Lipinski definition) is 4. The maximum atomic E-state index is 6.10. The molecule has 3 aromatic carbocycles. The lowest BCUT2D eigenvalue weighted by atomic mass is 10.0. The molecule has 4 heteroatoms. The first kappa shape index (κ1) is 22.4. The molecule has 0 aliphatic carbocycles. The molecule has 4 nitrogen and oxygen atoms in total. The van der Waals surface area contributed by atoms with Crippen molar-refractivity contribution in [3.05, 3.63) is 95.6 Å². The quantitative estimate of drug-likeness (QED) is 0.456. The highest BCUT2D eigenvalue weighted by Crippen LogP contribution is 2.30. The van der Waals surface area contributed by atoms with Crippen molar-refractivity contribution < 1.29 is 9.47 Å². The van der Waals surface area contributed by atoms with Gasteiger partial charge in [-0.05, 0) is 61.8 Å². The second-order valence-corrected chi connectivity index (χ2v) is 8.67. The Bertz CT molecular complexity index is 954. The Morgan fingerprint density at radius 2 is 1.47 bits per heavy atom. The van der Waals surface area contributed by atoms with Crippen LogP contribution in [0.1, 0.15) is 29.5 Å². The van der Waals surface area contributed by atoms with Gasteiger partial charge in [0.05, 0.1) is 7.11 Å². The smallest absolute Gasteiger partial charge is 0.161 e. The van der Waals surface area contributed by atoms with Gasteiger partial charge in [0, 0.05) is 19.1 Å². The second-order valence-electron chi connectivity index (χ2n) is 8.67. The second kappa shape index (κ2) is 11.2. The zero-order chi connectivity index (χ0) is 22.2. The van der Waals surface area contributed by atoms with E-state index in [9.17, 15) is 0 Å². The molecule has 168 valence electrons. The summed E-state index contributed by atoms with van der Waals surface area (Å²) >= 11 is 0. The van der Waals surface area contributed by atoms with Gasteiger partial charge in [-0.1, -0.05) is 66.7 Å². The molecular formula is C28H34N2O2. The van der Waals surface area contributed by atoms with Crippen LogP contribution in [0.25, 0.3) is 0 Å². The van der Waals surface area contributed by atoms with Crippen molar-refractivity contribution in [3.63, 3.8) is 0 Å². The lowest BCUT2D eigenvalue weighted by molar-refractivity contribution is 0.119. The fourth-order valence-electron chi connectivity index (χ4n) is 4.44. The van der Waals surface area contributed by atoms with Crippen molar-refractivity contribution >= 4 is 0 Å². The van der Waals surface area contributed by atoms with E-state index < -0.39 is 0 Å². The van der Waals surface area contributed by atoms with Crippen LogP contribution in [0.3, 0.4) is 0 Å². The molecule has 1 aliphatic rings. The predicted molar refractivity (Wildman–Crippen MR) is 130 cm³/mol. The van der Waals surface area contributed by atoms with E-state index in [1.54, 1.807) is 7.11 Å². The minimum atomic E-state index is 0.541. The zero-order valence-corrected chi connectivity index (χ0v) is 19.2. The van der Waals surface area contributed by atoms with Crippen molar-refractivity contribution in [1.82, 2.24) is 9.80 Å². The third kappa shape index (κ3) is 6.12. The summed E-state index contributed by atoms with van der Waals surface area (Å²) in [6, 6.07) is 28.0. The number of methoxy groups -OCH3 is 1. The molecular weight excluding hydrogens is 396 g/mol. The van der Waals surface area contributed by atoms with Crippen LogP contribution in [-0.4, -0.2) is 43.1 Å². The molecule has 0 saturated carbocycles. The maximum absolute atomic E-state index is 6.10. The number of hydrogen-bond donors (Lipinski definition) is 0. The van der Waals surface area contributed by atoms with Gasteiger partial charge in [0.2, 0.25) is 0 Å². The highest BCUT2D eigenvalue weighted by Gasteiger charge is 2.22. The lowest BCUT2D eigenvalue weighted by Crippen LogP contribution is -2.42. The van der Waals surface area contributed by atoms with Crippen LogP contribution >= 0.6 is 0 Å². The summed E-state index contributed by atoms with van der Waals surface area (Å²) in [6.45, 7) is 4.75. The van der Waals surface area contributed by atoms with Crippen molar-refractivity contribution in [3.8, 4) is 11.5 Å². The highest BCUT2D eigenvalue weighted by molar-refractivity contribution is 5.43. The molecule has 0 N–H and O–H groups in total.